The number of aliphatic hydroxyl groups excluding tert-OH is 6. The van der Waals surface area contributed by atoms with E-state index >= 15 is 0 Å². The second-order valence-electron chi connectivity index (χ2n) is 7.72. The molecule has 3 rings (SSSR count). The van der Waals surface area contributed by atoms with Gasteiger partial charge in [0.1, 0.15) is 48.5 Å². The molecule has 2 fully saturated rings. The summed E-state index contributed by atoms with van der Waals surface area (Å²) >= 11 is 0. The van der Waals surface area contributed by atoms with E-state index in [-0.39, 0.29) is 5.82 Å². The fraction of sp³-hybridized carbons (Fsp3) is 0.625. The predicted molar refractivity (Wildman–Crippen MR) is 108 cm³/mol. The van der Waals surface area contributed by atoms with E-state index in [1.165, 1.54) is 0 Å². The highest BCUT2D eigenvalue weighted by atomic mass is 31.3. The molecule has 0 spiro atoms. The number of aromatic nitrogens is 2. The molecule has 204 valence electrons. The number of hydrogen-bond donors (Lipinski definition) is 7. The van der Waals surface area contributed by atoms with E-state index in [1.807, 2.05) is 4.98 Å². The van der Waals surface area contributed by atoms with Crippen LogP contribution in [-0.2, 0) is 27.4 Å². The monoisotopic (exact) mass is 560 g/mol. The van der Waals surface area contributed by atoms with Crippen LogP contribution in [0.2, 0.25) is 0 Å². The van der Waals surface area contributed by atoms with Crippen molar-refractivity contribution < 1.29 is 67.9 Å². The Kier molecular flexibility index (Phi) is 8.74. The van der Waals surface area contributed by atoms with Crippen molar-refractivity contribution in [3.63, 3.8) is 0 Å². The first kappa shape index (κ1) is 28.8. The van der Waals surface area contributed by atoms with Gasteiger partial charge < -0.3 is 59.0 Å². The first-order valence-corrected chi connectivity index (χ1v) is 13.1. The minimum absolute atomic E-state index is 0.00658. The van der Waals surface area contributed by atoms with Gasteiger partial charge in [0.25, 0.3) is 13.4 Å². The zero-order chi connectivity index (χ0) is 27.0. The number of phosphoric acid groups is 1. The maximum atomic E-state index is 12.1. The quantitative estimate of drug-likeness (QED) is 0.146. The van der Waals surface area contributed by atoms with E-state index in [4.69, 9.17) is 14.6 Å². The van der Waals surface area contributed by atoms with Gasteiger partial charge in [-0.3, -0.25) is 23.2 Å². The van der Waals surface area contributed by atoms with Gasteiger partial charge in [-0.25, -0.2) is 4.79 Å². The molecule has 36 heavy (non-hydrogen) atoms. The molecule has 0 bridgehead atoms. The molecule has 0 amide bonds. The Balaban J connectivity index is 1.67. The minimum atomic E-state index is -5.71. The van der Waals surface area contributed by atoms with Crippen LogP contribution >= 0.6 is 15.4 Å². The average molecular weight is 560 g/mol. The van der Waals surface area contributed by atoms with Crippen LogP contribution in [0.15, 0.2) is 33.4 Å². The van der Waals surface area contributed by atoms with E-state index in [0.29, 0.717) is 4.57 Å². The molecule has 0 radical (unpaired) electrons. The Labute approximate surface area is 200 Å². The van der Waals surface area contributed by atoms with E-state index < -0.39 is 94.6 Å². The summed E-state index contributed by atoms with van der Waals surface area (Å²) in [5.74, 6) is -0.927. The van der Waals surface area contributed by atoms with E-state index in [9.17, 15) is 54.0 Å². The van der Waals surface area contributed by atoms with Crippen LogP contribution in [0.1, 0.15) is 6.23 Å². The minimum Gasteiger partial charge on any atom is -0.775 e. The van der Waals surface area contributed by atoms with Crippen LogP contribution in [0.25, 0.3) is 0 Å². The number of ether oxygens (including phenoxy) is 2. The van der Waals surface area contributed by atoms with Gasteiger partial charge in [0.2, 0.25) is 0 Å². The molecule has 20 heteroatoms. The topological polar surface area (TPSA) is 293 Å². The SMILES string of the molecule is O=c1ccn([C@@H]2O[C@H](COP(=O)([O-])OP(=O)([O-])/C=C3\O[C@H](CO)[C@@H](O)[C@H](O)[C@@H]3O)[C@@H](O)[C@H]2O)c(=O)[nH]1. The van der Waals surface area contributed by atoms with Gasteiger partial charge in [-0.2, -0.15) is 0 Å². The number of nitrogens with one attached hydrogen (secondary N) is 1. The number of nitrogens with zero attached hydrogens (tertiary/aromatic N) is 1. The lowest BCUT2D eigenvalue weighted by molar-refractivity contribution is -0.232. The van der Waals surface area contributed by atoms with Gasteiger partial charge in [-0.15, -0.1) is 0 Å². The molecule has 2 aliphatic rings. The van der Waals surface area contributed by atoms with Crippen molar-refractivity contribution in [1.29, 1.82) is 0 Å². The summed E-state index contributed by atoms with van der Waals surface area (Å²) in [4.78, 5) is 49.1. The lowest BCUT2D eigenvalue weighted by Gasteiger charge is -2.38. The Morgan fingerprint density at radius 1 is 1.06 bits per heavy atom. The second-order valence-corrected chi connectivity index (χ2v) is 10.9. The van der Waals surface area contributed by atoms with Crippen LogP contribution in [0, 0.1) is 0 Å². The number of aromatic amines is 1. The normalized spacial score (nSPS) is 37.3. The molecule has 1 aromatic heterocycles. The third kappa shape index (κ3) is 6.38. The molecule has 2 saturated heterocycles. The lowest BCUT2D eigenvalue weighted by Crippen LogP contribution is -2.53. The molecule has 0 aliphatic carbocycles. The lowest BCUT2D eigenvalue weighted by atomic mass is 9.99. The smallest absolute Gasteiger partial charge is 0.330 e. The standard InChI is InChI=1S/C16H24N2O16P2/c19-3-6-10(21)13(24)12(23)8(32-6)5-35(27,28)34-36(29,30)31-4-7-11(22)14(25)15(33-7)18-2-1-9(20)17-16(18)26/h1-2,5-7,10-15,19,21-25H,3-4H2,(H,27,28)(H,29,30)(H,17,20,26)/p-2/b8-5-/t6-,7-,10-,11-,12-,13+,14-,15-/m1/s1. The number of H-pyrrole nitrogens is 1. The van der Waals surface area contributed by atoms with Gasteiger partial charge >= 0.3 is 5.69 Å². The highest BCUT2D eigenvalue weighted by Gasteiger charge is 2.45. The fourth-order valence-electron chi connectivity index (χ4n) is 3.37. The summed E-state index contributed by atoms with van der Waals surface area (Å²) in [6, 6.07) is 0.920. The predicted octanol–water partition coefficient (Wildman–Crippen LogP) is -5.47. The van der Waals surface area contributed by atoms with Crippen molar-refractivity contribution in [3.05, 3.63) is 44.7 Å². The van der Waals surface area contributed by atoms with Gasteiger partial charge in [-0.1, -0.05) is 0 Å². The third-order valence-electron chi connectivity index (χ3n) is 5.17. The van der Waals surface area contributed by atoms with Crippen LogP contribution in [0.3, 0.4) is 0 Å². The summed E-state index contributed by atoms with van der Waals surface area (Å²) in [5.41, 5.74) is -1.76. The van der Waals surface area contributed by atoms with Crippen LogP contribution in [0.5, 0.6) is 0 Å². The van der Waals surface area contributed by atoms with Crippen LogP contribution in [-0.4, -0.2) is 96.1 Å². The molecule has 3 heterocycles. The van der Waals surface area contributed by atoms with E-state index in [2.05, 4.69) is 8.83 Å². The fourth-order valence-corrected chi connectivity index (χ4v) is 5.72. The molecule has 18 nitrogen and oxygen atoms in total. The summed E-state index contributed by atoms with van der Waals surface area (Å²) in [7, 11) is -11.3. The van der Waals surface area contributed by atoms with Crippen LogP contribution < -0.4 is 21.0 Å². The first-order chi connectivity index (χ1) is 16.7. The summed E-state index contributed by atoms with van der Waals surface area (Å²) in [5, 5.41) is 58.6. The molecule has 0 aromatic carbocycles. The van der Waals surface area contributed by atoms with Crippen molar-refractivity contribution in [2.24, 2.45) is 0 Å². The maximum absolute atomic E-state index is 12.1. The summed E-state index contributed by atoms with van der Waals surface area (Å²) in [6.07, 6.45) is -13.2. The zero-order valence-electron chi connectivity index (χ0n) is 17.9. The van der Waals surface area contributed by atoms with Crippen molar-refractivity contribution in [2.45, 2.75) is 49.0 Å². The molecule has 2 aliphatic heterocycles. The van der Waals surface area contributed by atoms with E-state index in [1.54, 1.807) is 0 Å². The number of phosphoric ester groups is 1. The third-order valence-corrected chi connectivity index (χ3v) is 7.92. The van der Waals surface area contributed by atoms with Gasteiger partial charge in [-0.05, 0) is 0 Å². The zero-order valence-corrected chi connectivity index (χ0v) is 19.7. The summed E-state index contributed by atoms with van der Waals surface area (Å²) in [6.45, 7) is -1.97. The van der Waals surface area contributed by atoms with Crippen LogP contribution in [0.4, 0.5) is 0 Å². The number of hydrogen-bond acceptors (Lipinski definition) is 16. The molecular formula is C16H22N2O16P2-2. The summed E-state index contributed by atoms with van der Waals surface area (Å²) < 4.78 is 43.4. The van der Waals surface area contributed by atoms with Gasteiger partial charge in [0.15, 0.2) is 13.8 Å². The Morgan fingerprint density at radius 3 is 2.31 bits per heavy atom. The van der Waals surface area contributed by atoms with Crippen molar-refractivity contribution in [1.82, 2.24) is 9.55 Å². The Morgan fingerprint density at radius 2 is 1.69 bits per heavy atom. The van der Waals surface area contributed by atoms with E-state index in [0.717, 1.165) is 12.3 Å². The molecule has 7 N–H and O–H groups in total. The van der Waals surface area contributed by atoms with Gasteiger partial charge in [0.05, 0.1) is 13.2 Å². The highest BCUT2D eigenvalue weighted by molar-refractivity contribution is 7.64. The molecule has 0 saturated carbocycles. The van der Waals surface area contributed by atoms with Crippen molar-refractivity contribution in [2.75, 3.05) is 13.2 Å². The number of aliphatic hydroxyl groups is 6. The highest BCUT2D eigenvalue weighted by Crippen LogP contribution is 2.57. The Hall–Kier alpha value is -1.76. The molecule has 2 unspecified atom stereocenters. The first-order valence-electron chi connectivity index (χ1n) is 10.0. The maximum Gasteiger partial charge on any atom is 0.330 e. The van der Waals surface area contributed by atoms with Crippen molar-refractivity contribution in [3.8, 4) is 0 Å². The average Bonchev–Trinajstić information content (AvgIpc) is 3.06. The number of rotatable bonds is 8. The molecular weight excluding hydrogens is 538 g/mol. The van der Waals surface area contributed by atoms with Gasteiger partial charge in [0, 0.05) is 18.1 Å². The molecule has 1 aromatic rings. The second kappa shape index (κ2) is 10.9. The largest absolute Gasteiger partial charge is 0.775 e. The molecule has 10 atom stereocenters. The Bertz CT molecular complexity index is 1180. The van der Waals surface area contributed by atoms with Crippen molar-refractivity contribution >= 4 is 15.4 Å².